The number of hydrogen-bond acceptors (Lipinski definition) is 6. The molecule has 0 aliphatic rings. The molecule has 0 saturated carbocycles. The second-order valence-corrected chi connectivity index (χ2v) is 7.26. The van der Waals surface area contributed by atoms with Crippen molar-refractivity contribution >= 4 is 29.1 Å². The van der Waals surface area contributed by atoms with Crippen LogP contribution in [0.5, 0.6) is 11.6 Å². The van der Waals surface area contributed by atoms with Crippen LogP contribution in [-0.2, 0) is 0 Å². The molecule has 0 spiro atoms. The third-order valence-electron chi connectivity index (χ3n) is 3.09. The summed E-state index contributed by atoms with van der Waals surface area (Å²) in [7, 11) is 6.97. The van der Waals surface area contributed by atoms with Gasteiger partial charge in [0.15, 0.2) is 17.4 Å². The van der Waals surface area contributed by atoms with E-state index in [1.54, 1.807) is 51.1 Å². The minimum Gasteiger partial charge on any atom is -0.434 e. The topological polar surface area (TPSA) is 58.0 Å². The molecule has 1 aromatic heterocycles. The summed E-state index contributed by atoms with van der Waals surface area (Å²) >= 11 is 1.12. The molecular weight excluding hydrogens is 374 g/mol. The first-order valence-electron chi connectivity index (χ1n) is 7.91. The van der Waals surface area contributed by atoms with Crippen LogP contribution in [-0.4, -0.2) is 55.1 Å². The van der Waals surface area contributed by atoms with Gasteiger partial charge in [-0.1, -0.05) is 0 Å². The van der Waals surface area contributed by atoms with Crippen molar-refractivity contribution in [2.24, 2.45) is 4.99 Å². The number of thiazole rings is 1. The number of aryl methyl sites for hydroxylation is 1. The summed E-state index contributed by atoms with van der Waals surface area (Å²) in [5.74, 6) is -2.33. The lowest BCUT2D eigenvalue weighted by Gasteiger charge is -2.08. The monoisotopic (exact) mass is 394 g/mol. The van der Waals surface area contributed by atoms with Gasteiger partial charge in [0.1, 0.15) is 10.6 Å². The number of benzene rings is 1. The maximum absolute atomic E-state index is 14.3. The van der Waals surface area contributed by atoms with Crippen molar-refractivity contribution in [3.63, 3.8) is 0 Å². The van der Waals surface area contributed by atoms with Crippen LogP contribution in [0.4, 0.5) is 14.5 Å². The van der Waals surface area contributed by atoms with E-state index in [2.05, 4.69) is 9.98 Å². The third-order valence-corrected chi connectivity index (χ3v) is 4.05. The molecule has 0 saturated heterocycles. The van der Waals surface area contributed by atoms with Crippen LogP contribution in [0.1, 0.15) is 14.7 Å². The van der Waals surface area contributed by atoms with Gasteiger partial charge in [0.05, 0.1) is 11.3 Å². The molecule has 9 heteroatoms. The van der Waals surface area contributed by atoms with Crippen LogP contribution in [0.15, 0.2) is 29.4 Å². The Labute approximate surface area is 160 Å². The molecule has 0 radical (unpaired) electrons. The first kappa shape index (κ1) is 20.5. The zero-order chi connectivity index (χ0) is 20.1. The number of aliphatic imine (C=N–C) groups is 1. The van der Waals surface area contributed by atoms with E-state index in [-0.39, 0.29) is 28.0 Å². The van der Waals surface area contributed by atoms with E-state index in [4.69, 9.17) is 4.74 Å². The zero-order valence-corrected chi connectivity index (χ0v) is 16.5. The lowest BCUT2D eigenvalue weighted by atomic mass is 10.2. The highest BCUT2D eigenvalue weighted by Gasteiger charge is 2.20. The highest BCUT2D eigenvalue weighted by molar-refractivity contribution is 7.14. The fourth-order valence-electron chi connectivity index (χ4n) is 1.90. The Morgan fingerprint density at radius 1 is 1.19 bits per heavy atom. The van der Waals surface area contributed by atoms with Gasteiger partial charge < -0.3 is 14.5 Å². The SMILES string of the molecule is Cc1nc(Oc2cc(F)c(/N=C/N(C)C)cc2F)c(C(=O)/C=C/N(C)C)s1. The van der Waals surface area contributed by atoms with E-state index in [0.29, 0.717) is 5.01 Å². The molecule has 0 aliphatic carbocycles. The van der Waals surface area contributed by atoms with Crippen molar-refractivity contribution in [1.29, 1.82) is 0 Å². The van der Waals surface area contributed by atoms with E-state index in [9.17, 15) is 13.6 Å². The molecule has 2 aromatic rings. The molecule has 144 valence electrons. The Morgan fingerprint density at radius 3 is 2.52 bits per heavy atom. The average Bonchev–Trinajstić information content (AvgIpc) is 2.94. The number of hydrogen-bond donors (Lipinski definition) is 0. The number of allylic oxidation sites excluding steroid dienone is 1. The number of halogens is 2. The van der Waals surface area contributed by atoms with Crippen molar-refractivity contribution in [3.05, 3.63) is 45.9 Å². The van der Waals surface area contributed by atoms with Crippen molar-refractivity contribution in [1.82, 2.24) is 14.8 Å². The van der Waals surface area contributed by atoms with E-state index in [1.807, 2.05) is 0 Å². The number of ketones is 1. The van der Waals surface area contributed by atoms with Crippen molar-refractivity contribution in [2.75, 3.05) is 28.2 Å². The quantitative estimate of drug-likeness (QED) is 0.307. The average molecular weight is 394 g/mol. The van der Waals surface area contributed by atoms with Gasteiger partial charge in [0.25, 0.3) is 0 Å². The fraction of sp³-hybridized carbons (Fsp3) is 0.278. The Hall–Kier alpha value is -2.81. The maximum atomic E-state index is 14.3. The summed E-state index contributed by atoms with van der Waals surface area (Å²) in [5.41, 5.74) is -0.159. The van der Waals surface area contributed by atoms with Crippen LogP contribution in [0, 0.1) is 18.6 Å². The summed E-state index contributed by atoms with van der Waals surface area (Å²) < 4.78 is 33.9. The van der Waals surface area contributed by atoms with E-state index in [0.717, 1.165) is 23.5 Å². The fourth-order valence-corrected chi connectivity index (χ4v) is 2.67. The van der Waals surface area contributed by atoms with E-state index < -0.39 is 11.6 Å². The smallest absolute Gasteiger partial charge is 0.241 e. The Bertz CT molecular complexity index is 892. The van der Waals surface area contributed by atoms with E-state index in [1.165, 1.54) is 12.4 Å². The summed E-state index contributed by atoms with van der Waals surface area (Å²) in [5, 5.41) is 0.569. The molecular formula is C18H20F2N4O2S. The predicted octanol–water partition coefficient (Wildman–Crippen LogP) is 4.00. The van der Waals surface area contributed by atoms with Crippen LogP contribution in [0.25, 0.3) is 0 Å². The van der Waals surface area contributed by atoms with Crippen LogP contribution < -0.4 is 4.74 Å². The van der Waals surface area contributed by atoms with Gasteiger partial charge >= 0.3 is 0 Å². The lowest BCUT2D eigenvalue weighted by molar-refractivity contribution is 0.104. The van der Waals surface area contributed by atoms with Gasteiger partial charge in [-0.3, -0.25) is 4.79 Å². The molecule has 0 unspecified atom stereocenters. The van der Waals surface area contributed by atoms with Crippen LogP contribution in [0.2, 0.25) is 0 Å². The van der Waals surface area contributed by atoms with Gasteiger partial charge in [-0.25, -0.2) is 18.8 Å². The normalized spacial score (nSPS) is 11.4. The minimum absolute atomic E-state index is 0.0613. The van der Waals surface area contributed by atoms with Crippen molar-refractivity contribution in [2.45, 2.75) is 6.92 Å². The van der Waals surface area contributed by atoms with E-state index >= 15 is 0 Å². The molecule has 0 bridgehead atoms. The van der Waals surface area contributed by atoms with Crippen molar-refractivity contribution in [3.8, 4) is 11.6 Å². The van der Waals surface area contributed by atoms with Gasteiger partial charge in [-0.05, 0) is 6.92 Å². The van der Waals surface area contributed by atoms with Crippen LogP contribution >= 0.6 is 11.3 Å². The third kappa shape index (κ3) is 5.58. The maximum Gasteiger partial charge on any atom is 0.241 e. The number of carbonyl (C=O) groups is 1. The second kappa shape index (κ2) is 8.72. The minimum atomic E-state index is -0.810. The summed E-state index contributed by atoms with van der Waals surface area (Å²) in [6.45, 7) is 1.69. The number of ether oxygens (including phenoxy) is 1. The molecule has 1 heterocycles. The summed E-state index contributed by atoms with van der Waals surface area (Å²) in [6.07, 6.45) is 4.30. The Morgan fingerprint density at radius 2 is 1.89 bits per heavy atom. The van der Waals surface area contributed by atoms with Gasteiger partial charge in [-0.15, -0.1) is 11.3 Å². The zero-order valence-electron chi connectivity index (χ0n) is 15.7. The lowest BCUT2D eigenvalue weighted by Crippen LogP contribution is -2.07. The predicted molar refractivity (Wildman–Crippen MR) is 102 cm³/mol. The van der Waals surface area contributed by atoms with Gasteiger partial charge in [0, 0.05) is 52.6 Å². The first-order valence-corrected chi connectivity index (χ1v) is 8.73. The summed E-state index contributed by atoms with van der Waals surface area (Å²) in [4.78, 5) is 23.8. The molecule has 0 atom stereocenters. The van der Waals surface area contributed by atoms with Gasteiger partial charge in [-0.2, -0.15) is 0 Å². The Balaban J connectivity index is 2.32. The highest BCUT2D eigenvalue weighted by atomic mass is 32.1. The van der Waals surface area contributed by atoms with Gasteiger partial charge in [0.2, 0.25) is 11.7 Å². The molecule has 0 N–H and O–H groups in total. The molecule has 0 aliphatic heterocycles. The number of aromatic nitrogens is 1. The first-order chi connectivity index (χ1) is 12.7. The molecule has 2 rings (SSSR count). The van der Waals surface area contributed by atoms with Crippen LogP contribution in [0.3, 0.4) is 0 Å². The molecule has 0 amide bonds. The Kier molecular flexibility index (Phi) is 6.62. The standard InChI is InChI=1S/C18H20F2N4O2S/c1-11-22-18(17(27-11)15(25)6-7-23(2)3)26-16-9-12(19)14(8-13(16)20)21-10-24(4)5/h6-10H,1-5H3/b7-6+,21-10+. The molecule has 0 fully saturated rings. The molecule has 27 heavy (non-hydrogen) atoms. The largest absolute Gasteiger partial charge is 0.434 e. The number of carbonyl (C=O) groups excluding carboxylic acids is 1. The highest BCUT2D eigenvalue weighted by Crippen LogP contribution is 2.34. The molecule has 6 nitrogen and oxygen atoms in total. The van der Waals surface area contributed by atoms with Crippen molar-refractivity contribution < 1.29 is 18.3 Å². The summed E-state index contributed by atoms with van der Waals surface area (Å²) in [6, 6.07) is 1.81. The molecule has 1 aromatic carbocycles. The second-order valence-electron chi connectivity index (χ2n) is 6.06. The number of nitrogens with zero attached hydrogens (tertiary/aromatic N) is 4. The number of rotatable bonds is 7.